The highest BCUT2D eigenvalue weighted by atomic mass is 79.9. The van der Waals surface area contributed by atoms with E-state index in [0.29, 0.717) is 53.6 Å². The van der Waals surface area contributed by atoms with Crippen molar-refractivity contribution < 1.29 is 28.5 Å². The summed E-state index contributed by atoms with van der Waals surface area (Å²) in [7, 11) is 4.50. The molecular weight excluding hydrogens is 674 g/mol. The van der Waals surface area contributed by atoms with Gasteiger partial charge in [-0.1, -0.05) is 35.6 Å². The van der Waals surface area contributed by atoms with E-state index in [1.54, 1.807) is 44.2 Å². The van der Waals surface area contributed by atoms with Crippen molar-refractivity contribution in [2.24, 2.45) is 4.99 Å². The minimum atomic E-state index is -0.870. The van der Waals surface area contributed by atoms with Crippen molar-refractivity contribution in [3.63, 3.8) is 0 Å². The highest BCUT2D eigenvalue weighted by molar-refractivity contribution is 9.10. The van der Waals surface area contributed by atoms with Crippen LogP contribution in [0, 0.1) is 11.3 Å². The first-order valence-corrected chi connectivity index (χ1v) is 15.7. The Labute approximate surface area is 277 Å². The molecule has 0 aliphatic carbocycles. The summed E-state index contributed by atoms with van der Waals surface area (Å²) < 4.78 is 30.6. The number of rotatable bonds is 10. The zero-order valence-electron chi connectivity index (χ0n) is 25.8. The van der Waals surface area contributed by atoms with Crippen LogP contribution in [0.25, 0.3) is 6.08 Å². The zero-order chi connectivity index (χ0) is 33.0. The number of carbonyl (C=O) groups is 1. The smallest absolute Gasteiger partial charge is 0.338 e. The monoisotopic (exact) mass is 703 g/mol. The van der Waals surface area contributed by atoms with E-state index in [1.165, 1.54) is 37.2 Å². The number of hydrogen-bond acceptors (Lipinski definition) is 10. The van der Waals surface area contributed by atoms with Crippen LogP contribution in [0.15, 0.2) is 80.1 Å². The fourth-order valence-corrected chi connectivity index (χ4v) is 6.71. The van der Waals surface area contributed by atoms with Crippen LogP contribution in [0.2, 0.25) is 0 Å². The summed E-state index contributed by atoms with van der Waals surface area (Å²) in [5.74, 6) is 1.14. The van der Waals surface area contributed by atoms with Crippen molar-refractivity contribution in [3.8, 4) is 29.1 Å². The van der Waals surface area contributed by atoms with Gasteiger partial charge in [-0.05, 0) is 77.3 Å². The molecule has 0 N–H and O–H groups in total. The number of ether oxygens (including phenoxy) is 5. The van der Waals surface area contributed by atoms with Crippen LogP contribution < -0.4 is 33.8 Å². The Hall–Kier alpha value is -4.86. The van der Waals surface area contributed by atoms with Gasteiger partial charge in [0, 0.05) is 5.56 Å². The van der Waals surface area contributed by atoms with Crippen LogP contribution in [0.3, 0.4) is 0 Å². The quantitative estimate of drug-likeness (QED) is 0.211. The summed E-state index contributed by atoms with van der Waals surface area (Å²) in [6.45, 7) is 3.82. The van der Waals surface area contributed by atoms with Crippen LogP contribution in [0.1, 0.15) is 42.1 Å². The van der Waals surface area contributed by atoms with Gasteiger partial charge in [0.2, 0.25) is 5.75 Å². The minimum Gasteiger partial charge on any atom is -0.493 e. The number of thiazole rings is 1. The van der Waals surface area contributed by atoms with E-state index < -0.39 is 12.0 Å². The molecule has 3 aromatic carbocycles. The van der Waals surface area contributed by atoms with Crippen molar-refractivity contribution in [2.45, 2.75) is 26.5 Å². The van der Waals surface area contributed by atoms with Gasteiger partial charge in [-0.3, -0.25) is 9.36 Å². The second kappa shape index (κ2) is 14.1. The number of esters is 1. The van der Waals surface area contributed by atoms with Gasteiger partial charge in [0.1, 0.15) is 12.4 Å². The molecule has 4 aromatic rings. The lowest BCUT2D eigenvalue weighted by Crippen LogP contribution is -2.40. The molecule has 1 aliphatic heterocycles. The maximum Gasteiger partial charge on any atom is 0.338 e. The molecule has 0 radical (unpaired) electrons. The maximum absolute atomic E-state index is 14.1. The fourth-order valence-electron chi connectivity index (χ4n) is 5.15. The molecule has 2 heterocycles. The molecule has 10 nitrogen and oxygen atoms in total. The highest BCUT2D eigenvalue weighted by Crippen LogP contribution is 2.42. The van der Waals surface area contributed by atoms with Crippen molar-refractivity contribution in [1.82, 2.24) is 4.57 Å². The molecule has 1 atom stereocenters. The first kappa shape index (κ1) is 32.5. The molecule has 46 heavy (non-hydrogen) atoms. The van der Waals surface area contributed by atoms with E-state index in [1.807, 2.05) is 30.3 Å². The number of hydrogen-bond donors (Lipinski definition) is 0. The van der Waals surface area contributed by atoms with E-state index in [9.17, 15) is 14.9 Å². The van der Waals surface area contributed by atoms with Crippen molar-refractivity contribution in [1.29, 1.82) is 5.26 Å². The van der Waals surface area contributed by atoms with E-state index in [-0.39, 0.29) is 24.3 Å². The Balaban J connectivity index is 1.58. The number of fused-ring (bicyclic) bond motifs is 1. The Morgan fingerprint density at radius 2 is 1.78 bits per heavy atom. The lowest BCUT2D eigenvalue weighted by atomic mass is 9.95. The second-order valence-corrected chi connectivity index (χ2v) is 11.9. The molecule has 5 rings (SSSR count). The Kier molecular flexibility index (Phi) is 9.94. The molecule has 0 amide bonds. The number of carbonyl (C=O) groups excluding carboxylic acids is 1. The molecule has 0 fully saturated rings. The molecule has 0 saturated carbocycles. The van der Waals surface area contributed by atoms with Gasteiger partial charge in [-0.2, -0.15) is 5.26 Å². The number of allylic oxidation sites excluding steroid dienone is 1. The van der Waals surface area contributed by atoms with Gasteiger partial charge in [-0.25, -0.2) is 9.79 Å². The third-order valence-electron chi connectivity index (χ3n) is 7.29. The number of aromatic nitrogens is 1. The second-order valence-electron chi connectivity index (χ2n) is 10.0. The number of nitrogens with zero attached hydrogens (tertiary/aromatic N) is 3. The predicted molar refractivity (Wildman–Crippen MR) is 176 cm³/mol. The summed E-state index contributed by atoms with van der Waals surface area (Å²) in [4.78, 5) is 32.5. The van der Waals surface area contributed by atoms with E-state index in [2.05, 4.69) is 27.0 Å². The SMILES string of the molecule is CCOC(=O)C1=C(C)N=c2s/c(=C/c3ccc(OCc4ccccc4C#N)c(Br)c3)c(=O)n2[C@H]1c1cc(OC)c(OC)c(OC)c1. The summed E-state index contributed by atoms with van der Waals surface area (Å²) in [6, 6.07) is 17.5. The summed E-state index contributed by atoms with van der Waals surface area (Å²) in [5, 5.41) is 9.37. The van der Waals surface area contributed by atoms with Gasteiger partial charge in [0.15, 0.2) is 16.3 Å². The molecule has 0 unspecified atom stereocenters. The number of benzene rings is 3. The first-order valence-electron chi connectivity index (χ1n) is 14.1. The number of methoxy groups -OCH3 is 3. The molecule has 0 bridgehead atoms. The van der Waals surface area contributed by atoms with Crippen LogP contribution in [-0.4, -0.2) is 38.5 Å². The third-order valence-corrected chi connectivity index (χ3v) is 8.90. The van der Waals surface area contributed by atoms with Gasteiger partial charge >= 0.3 is 5.97 Å². The van der Waals surface area contributed by atoms with Gasteiger partial charge in [-0.15, -0.1) is 0 Å². The number of nitriles is 1. The minimum absolute atomic E-state index is 0.154. The van der Waals surface area contributed by atoms with E-state index in [4.69, 9.17) is 23.7 Å². The summed E-state index contributed by atoms with van der Waals surface area (Å²) in [6.07, 6.45) is 1.76. The molecule has 1 aliphatic rings. The Morgan fingerprint density at radius 3 is 2.41 bits per heavy atom. The van der Waals surface area contributed by atoms with Crippen molar-refractivity contribution in [3.05, 3.63) is 112 Å². The topological polar surface area (TPSA) is 121 Å². The first-order chi connectivity index (χ1) is 22.2. The fraction of sp³-hybridized carbons (Fsp3) is 0.235. The van der Waals surface area contributed by atoms with Gasteiger partial charge < -0.3 is 23.7 Å². The predicted octanol–water partition coefficient (Wildman–Crippen LogP) is 5.04. The standard InChI is InChI=1S/C34H30BrN3O7S/c1-6-44-33(40)29-19(2)37-34-38(30(29)23-15-26(41-3)31(43-5)27(16-23)42-4)32(39)28(46-34)14-20-11-12-25(24(35)13-20)45-18-22-10-8-7-9-21(22)17-36/h7-16,30H,6,18H2,1-5H3/b28-14+/t30-/m0/s1. The zero-order valence-corrected chi connectivity index (χ0v) is 28.2. The average molecular weight is 705 g/mol. The van der Waals surface area contributed by atoms with Crippen LogP contribution >= 0.6 is 27.3 Å². The van der Waals surface area contributed by atoms with Crippen molar-refractivity contribution in [2.75, 3.05) is 27.9 Å². The van der Waals surface area contributed by atoms with Crippen molar-refractivity contribution >= 4 is 39.3 Å². The Morgan fingerprint density at radius 1 is 1.07 bits per heavy atom. The van der Waals surface area contributed by atoms with Crippen LogP contribution in [0.5, 0.6) is 23.0 Å². The van der Waals surface area contributed by atoms with E-state index in [0.717, 1.165) is 11.1 Å². The van der Waals surface area contributed by atoms with Crippen LogP contribution in [0.4, 0.5) is 0 Å². The largest absolute Gasteiger partial charge is 0.493 e. The van der Waals surface area contributed by atoms with Gasteiger partial charge in [0.05, 0.1) is 65.9 Å². The lowest BCUT2D eigenvalue weighted by Gasteiger charge is -2.26. The normalized spacial score (nSPS) is 14.2. The van der Waals surface area contributed by atoms with Crippen LogP contribution in [-0.2, 0) is 16.1 Å². The third kappa shape index (κ3) is 6.29. The molecule has 12 heteroatoms. The molecular formula is C34H30BrN3O7S. The lowest BCUT2D eigenvalue weighted by molar-refractivity contribution is -0.139. The molecule has 236 valence electrons. The average Bonchev–Trinajstić information content (AvgIpc) is 3.36. The highest BCUT2D eigenvalue weighted by Gasteiger charge is 2.34. The molecule has 0 saturated heterocycles. The van der Waals surface area contributed by atoms with Gasteiger partial charge in [0.25, 0.3) is 5.56 Å². The summed E-state index contributed by atoms with van der Waals surface area (Å²) >= 11 is 4.78. The van der Waals surface area contributed by atoms with E-state index >= 15 is 0 Å². The maximum atomic E-state index is 14.1. The summed E-state index contributed by atoms with van der Waals surface area (Å²) in [5.41, 5.74) is 2.97. The molecule has 1 aromatic heterocycles. The Bertz CT molecular complexity index is 2050. The molecule has 0 spiro atoms. The number of halogens is 1.